The van der Waals surface area contributed by atoms with E-state index in [0.29, 0.717) is 16.9 Å². The number of hydrogen-bond donors (Lipinski definition) is 0. The number of carbonyl (C=O) groups excluding carboxylic acids is 1. The van der Waals surface area contributed by atoms with Crippen LogP contribution in [-0.2, 0) is 9.84 Å². The highest BCUT2D eigenvalue weighted by Crippen LogP contribution is 2.22. The maximum Gasteiger partial charge on any atom is 0.150 e. The van der Waals surface area contributed by atoms with E-state index in [4.69, 9.17) is 0 Å². The highest BCUT2D eigenvalue weighted by Gasteiger charge is 2.06. The molecule has 0 heterocycles. The summed E-state index contributed by atoms with van der Waals surface area (Å²) in [5.74, 6) is -0.189. The molecule has 0 atom stereocenters. The second-order valence-electron chi connectivity index (χ2n) is 3.29. The fourth-order valence-electron chi connectivity index (χ4n) is 1.01. The Balaban J connectivity index is 2.65. The van der Waals surface area contributed by atoms with Crippen LogP contribution < -0.4 is 0 Å². The van der Waals surface area contributed by atoms with Crippen molar-refractivity contribution < 1.29 is 17.6 Å². The summed E-state index contributed by atoms with van der Waals surface area (Å²) < 4.78 is 35.0. The summed E-state index contributed by atoms with van der Waals surface area (Å²) in [5.41, 5.74) is 0.268. The minimum atomic E-state index is -3.02. The van der Waals surface area contributed by atoms with Crippen molar-refractivity contribution in [2.45, 2.75) is 4.90 Å². The minimum Gasteiger partial charge on any atom is -0.298 e. The molecule has 1 aromatic carbocycles. The molecule has 16 heavy (non-hydrogen) atoms. The molecule has 0 N–H and O–H groups in total. The van der Waals surface area contributed by atoms with E-state index < -0.39 is 15.7 Å². The first-order valence-corrected chi connectivity index (χ1v) is 7.52. The molecular formula is C10H11FO3S2. The summed E-state index contributed by atoms with van der Waals surface area (Å²) in [6.45, 7) is 0. The van der Waals surface area contributed by atoms with Gasteiger partial charge in [-0.2, -0.15) is 0 Å². The summed E-state index contributed by atoms with van der Waals surface area (Å²) in [7, 11) is -3.02. The number of aldehydes is 1. The van der Waals surface area contributed by atoms with E-state index in [2.05, 4.69) is 0 Å². The van der Waals surface area contributed by atoms with Crippen LogP contribution in [0.25, 0.3) is 0 Å². The third-order valence-electron chi connectivity index (χ3n) is 1.80. The summed E-state index contributed by atoms with van der Waals surface area (Å²) >= 11 is 1.12. The van der Waals surface area contributed by atoms with Crippen LogP contribution in [0.15, 0.2) is 23.1 Å². The largest absolute Gasteiger partial charge is 0.298 e. The van der Waals surface area contributed by atoms with Gasteiger partial charge in [0.1, 0.15) is 21.9 Å². The van der Waals surface area contributed by atoms with E-state index in [-0.39, 0.29) is 11.3 Å². The van der Waals surface area contributed by atoms with Gasteiger partial charge in [0, 0.05) is 22.5 Å². The molecule has 0 aliphatic carbocycles. The standard InChI is InChI=1S/C10H11FO3S2/c1-16(13,14)5-4-15-10-3-2-8(7-12)6-9(10)11/h2-3,6-7H,4-5H2,1H3. The fourth-order valence-corrected chi connectivity index (χ4v) is 3.14. The van der Waals surface area contributed by atoms with Gasteiger partial charge in [-0.3, -0.25) is 4.79 Å². The number of hydrogen-bond acceptors (Lipinski definition) is 4. The third kappa shape index (κ3) is 4.32. The molecule has 6 heteroatoms. The summed E-state index contributed by atoms with van der Waals surface area (Å²) in [6, 6.07) is 4.11. The molecule has 0 aromatic heterocycles. The lowest BCUT2D eigenvalue weighted by Gasteiger charge is -2.02. The highest BCUT2D eigenvalue weighted by atomic mass is 32.2. The van der Waals surface area contributed by atoms with E-state index in [1.165, 1.54) is 12.1 Å². The van der Waals surface area contributed by atoms with Gasteiger partial charge in [-0.05, 0) is 12.1 Å². The van der Waals surface area contributed by atoms with Gasteiger partial charge in [0.2, 0.25) is 0 Å². The number of sulfone groups is 1. The van der Waals surface area contributed by atoms with Crippen molar-refractivity contribution in [3.63, 3.8) is 0 Å². The first-order chi connectivity index (χ1) is 7.42. The first-order valence-electron chi connectivity index (χ1n) is 4.47. The van der Waals surface area contributed by atoms with Crippen molar-refractivity contribution in [2.24, 2.45) is 0 Å². The zero-order chi connectivity index (χ0) is 12.2. The van der Waals surface area contributed by atoms with Crippen LogP contribution in [-0.4, -0.2) is 32.5 Å². The number of halogens is 1. The molecule has 0 aliphatic heterocycles. The maximum absolute atomic E-state index is 13.3. The van der Waals surface area contributed by atoms with Gasteiger partial charge in [-0.15, -0.1) is 11.8 Å². The van der Waals surface area contributed by atoms with Gasteiger partial charge in [0.05, 0.1) is 5.75 Å². The van der Waals surface area contributed by atoms with Crippen molar-refractivity contribution in [3.8, 4) is 0 Å². The van der Waals surface area contributed by atoms with Crippen LogP contribution in [0, 0.1) is 5.82 Å². The smallest absolute Gasteiger partial charge is 0.150 e. The summed E-state index contributed by atoms with van der Waals surface area (Å²) in [6.07, 6.45) is 1.70. The van der Waals surface area contributed by atoms with Crippen LogP contribution >= 0.6 is 11.8 Å². The number of benzene rings is 1. The second-order valence-corrected chi connectivity index (χ2v) is 6.68. The zero-order valence-corrected chi connectivity index (χ0v) is 10.3. The lowest BCUT2D eigenvalue weighted by atomic mass is 10.2. The average molecular weight is 262 g/mol. The second kappa shape index (κ2) is 5.45. The van der Waals surface area contributed by atoms with E-state index in [0.717, 1.165) is 24.1 Å². The number of carbonyl (C=O) groups is 1. The molecule has 3 nitrogen and oxygen atoms in total. The predicted molar refractivity (Wildman–Crippen MR) is 62.2 cm³/mol. The Morgan fingerprint density at radius 1 is 1.44 bits per heavy atom. The van der Waals surface area contributed by atoms with Gasteiger partial charge in [-0.1, -0.05) is 6.07 Å². The number of thioether (sulfide) groups is 1. The quantitative estimate of drug-likeness (QED) is 0.599. The first kappa shape index (κ1) is 13.2. The zero-order valence-electron chi connectivity index (χ0n) is 8.64. The lowest BCUT2D eigenvalue weighted by molar-refractivity contribution is 0.112. The van der Waals surface area contributed by atoms with Gasteiger partial charge < -0.3 is 0 Å². The van der Waals surface area contributed by atoms with Crippen molar-refractivity contribution >= 4 is 27.9 Å². The van der Waals surface area contributed by atoms with Gasteiger partial charge in [0.25, 0.3) is 0 Å². The Kier molecular flexibility index (Phi) is 4.49. The van der Waals surface area contributed by atoms with Gasteiger partial charge in [-0.25, -0.2) is 12.8 Å². The number of rotatable bonds is 5. The molecule has 0 unspecified atom stereocenters. The van der Waals surface area contributed by atoms with Crippen LogP contribution in [0.1, 0.15) is 10.4 Å². The van der Waals surface area contributed by atoms with Crippen molar-refractivity contribution in [1.29, 1.82) is 0 Å². The molecule has 88 valence electrons. The molecule has 0 spiro atoms. The minimum absolute atomic E-state index is 0.00649. The van der Waals surface area contributed by atoms with Crippen LogP contribution in [0.2, 0.25) is 0 Å². The molecule has 0 aliphatic rings. The van der Waals surface area contributed by atoms with Crippen LogP contribution in [0.4, 0.5) is 4.39 Å². The molecular weight excluding hydrogens is 251 g/mol. The Labute approximate surface area is 98.0 Å². The highest BCUT2D eigenvalue weighted by molar-refractivity contribution is 8.00. The van der Waals surface area contributed by atoms with Crippen molar-refractivity contribution in [2.75, 3.05) is 17.8 Å². The Morgan fingerprint density at radius 2 is 2.12 bits per heavy atom. The molecule has 0 saturated heterocycles. The monoisotopic (exact) mass is 262 g/mol. The molecule has 1 aromatic rings. The van der Waals surface area contributed by atoms with E-state index in [1.54, 1.807) is 0 Å². The molecule has 0 radical (unpaired) electrons. The van der Waals surface area contributed by atoms with Crippen LogP contribution in [0.5, 0.6) is 0 Å². The fraction of sp³-hybridized carbons (Fsp3) is 0.300. The van der Waals surface area contributed by atoms with E-state index in [9.17, 15) is 17.6 Å². The third-order valence-corrected chi connectivity index (χ3v) is 4.06. The normalized spacial score (nSPS) is 11.4. The van der Waals surface area contributed by atoms with Crippen molar-refractivity contribution in [3.05, 3.63) is 29.6 Å². The average Bonchev–Trinajstić information content (AvgIpc) is 2.18. The van der Waals surface area contributed by atoms with Gasteiger partial charge >= 0.3 is 0 Å². The molecule has 0 saturated carbocycles. The lowest BCUT2D eigenvalue weighted by Crippen LogP contribution is -2.05. The maximum atomic E-state index is 13.3. The molecule has 0 bridgehead atoms. The summed E-state index contributed by atoms with van der Waals surface area (Å²) in [4.78, 5) is 10.7. The van der Waals surface area contributed by atoms with Gasteiger partial charge in [0.15, 0.2) is 0 Å². The Bertz CT molecular complexity index is 483. The SMILES string of the molecule is CS(=O)(=O)CCSc1ccc(C=O)cc1F. The predicted octanol–water partition coefficient (Wildman–Crippen LogP) is 1.77. The molecule has 0 amide bonds. The van der Waals surface area contributed by atoms with E-state index in [1.807, 2.05) is 0 Å². The Hall–Kier alpha value is -0.880. The summed E-state index contributed by atoms with van der Waals surface area (Å²) in [5, 5.41) is 0. The Morgan fingerprint density at radius 3 is 2.62 bits per heavy atom. The topological polar surface area (TPSA) is 51.2 Å². The molecule has 0 fully saturated rings. The molecule has 1 rings (SSSR count). The van der Waals surface area contributed by atoms with Crippen LogP contribution in [0.3, 0.4) is 0 Å². The van der Waals surface area contributed by atoms with E-state index >= 15 is 0 Å². The van der Waals surface area contributed by atoms with Crippen molar-refractivity contribution in [1.82, 2.24) is 0 Å².